The summed E-state index contributed by atoms with van der Waals surface area (Å²) in [5.74, 6) is -2.34. The summed E-state index contributed by atoms with van der Waals surface area (Å²) in [5, 5.41) is 0. The summed E-state index contributed by atoms with van der Waals surface area (Å²) in [6.45, 7) is 2.27. The van der Waals surface area contributed by atoms with E-state index in [1.165, 1.54) is 37.7 Å². The maximum absolute atomic E-state index is 13.4. The van der Waals surface area contributed by atoms with Crippen molar-refractivity contribution in [3.8, 4) is 22.5 Å². The van der Waals surface area contributed by atoms with Crippen molar-refractivity contribution < 1.29 is 13.2 Å². The molecule has 1 aliphatic rings. The van der Waals surface area contributed by atoms with E-state index in [1.54, 1.807) is 12.4 Å². The van der Waals surface area contributed by atoms with Crippen LogP contribution in [0.25, 0.3) is 22.5 Å². The minimum absolute atomic E-state index is 0.103. The molecule has 150 valence electrons. The first-order valence-corrected chi connectivity index (χ1v) is 10.1. The molecule has 5 heteroatoms. The molecule has 0 spiro atoms. The molecule has 1 aromatic heterocycles. The Hall–Kier alpha value is -2.69. The molecule has 0 saturated heterocycles. The molecule has 2 nitrogen and oxygen atoms in total. The highest BCUT2D eigenvalue weighted by molar-refractivity contribution is 5.64. The second-order valence-corrected chi connectivity index (χ2v) is 7.80. The van der Waals surface area contributed by atoms with E-state index in [9.17, 15) is 13.2 Å². The average Bonchev–Trinajstić information content (AvgIpc) is 2.77. The summed E-state index contributed by atoms with van der Waals surface area (Å²) < 4.78 is 40.0. The lowest BCUT2D eigenvalue weighted by Crippen LogP contribution is -2.12. The normalized spacial score (nSPS) is 19.3. The number of nitrogens with zero attached hydrogens (tertiary/aromatic N) is 2. The standard InChI is InChI=1S/C24H23F3N2/c1-2-15-3-5-16(6-4-15)17-7-9-18(10-8-17)20-13-28-24(29-14-20)19-11-21(25)23(27)22(26)12-19/h7-16H,2-6H2,1H3/t15-,16-. The molecular weight excluding hydrogens is 373 g/mol. The summed E-state index contributed by atoms with van der Waals surface area (Å²) >= 11 is 0. The minimum atomic E-state index is -1.49. The molecule has 1 saturated carbocycles. The Morgan fingerprint density at radius 2 is 1.38 bits per heavy atom. The Labute approximate surface area is 168 Å². The van der Waals surface area contributed by atoms with E-state index in [-0.39, 0.29) is 11.4 Å². The second kappa shape index (κ2) is 8.36. The molecule has 0 radical (unpaired) electrons. The van der Waals surface area contributed by atoms with Crippen LogP contribution in [0.3, 0.4) is 0 Å². The molecule has 2 aromatic carbocycles. The van der Waals surface area contributed by atoms with Crippen molar-refractivity contribution in [1.29, 1.82) is 0 Å². The summed E-state index contributed by atoms with van der Waals surface area (Å²) in [6.07, 6.45) is 9.62. The van der Waals surface area contributed by atoms with Crippen LogP contribution in [0, 0.1) is 23.4 Å². The van der Waals surface area contributed by atoms with Gasteiger partial charge >= 0.3 is 0 Å². The van der Waals surface area contributed by atoms with Crippen molar-refractivity contribution >= 4 is 0 Å². The van der Waals surface area contributed by atoms with Crippen LogP contribution in [0.5, 0.6) is 0 Å². The van der Waals surface area contributed by atoms with Crippen molar-refractivity contribution in [2.24, 2.45) is 5.92 Å². The van der Waals surface area contributed by atoms with Crippen LogP contribution < -0.4 is 0 Å². The van der Waals surface area contributed by atoms with E-state index in [0.29, 0.717) is 5.92 Å². The SMILES string of the molecule is CC[C@H]1CC[C@H](c2ccc(-c3cnc(-c4cc(F)c(F)c(F)c4)nc3)cc2)CC1. The maximum Gasteiger partial charge on any atom is 0.194 e. The third kappa shape index (κ3) is 4.19. The van der Waals surface area contributed by atoms with Gasteiger partial charge in [0.2, 0.25) is 0 Å². The van der Waals surface area contributed by atoms with Crippen LogP contribution in [0.4, 0.5) is 13.2 Å². The van der Waals surface area contributed by atoms with Crippen molar-refractivity contribution in [3.63, 3.8) is 0 Å². The summed E-state index contributed by atoms with van der Waals surface area (Å²) in [4.78, 5) is 8.40. The molecule has 4 rings (SSSR count). The van der Waals surface area contributed by atoms with Gasteiger partial charge in [-0.3, -0.25) is 0 Å². The number of hydrogen-bond donors (Lipinski definition) is 0. The van der Waals surface area contributed by atoms with E-state index in [1.807, 2.05) is 0 Å². The van der Waals surface area contributed by atoms with Gasteiger partial charge < -0.3 is 0 Å². The molecule has 0 N–H and O–H groups in total. The van der Waals surface area contributed by atoms with Crippen molar-refractivity contribution in [3.05, 3.63) is 71.8 Å². The van der Waals surface area contributed by atoms with Crippen molar-refractivity contribution in [2.75, 3.05) is 0 Å². The fourth-order valence-electron chi connectivity index (χ4n) is 4.16. The molecule has 3 aromatic rings. The molecule has 1 fully saturated rings. The topological polar surface area (TPSA) is 25.8 Å². The fourth-order valence-corrected chi connectivity index (χ4v) is 4.16. The fraction of sp³-hybridized carbons (Fsp3) is 0.333. The first-order valence-electron chi connectivity index (χ1n) is 10.1. The maximum atomic E-state index is 13.4. The lowest BCUT2D eigenvalue weighted by Gasteiger charge is -2.28. The number of halogens is 3. The Morgan fingerprint density at radius 3 is 1.93 bits per heavy atom. The number of benzene rings is 2. The molecule has 1 heterocycles. The number of rotatable bonds is 4. The summed E-state index contributed by atoms with van der Waals surface area (Å²) in [5.41, 5.74) is 3.28. The van der Waals surface area contributed by atoms with Crippen molar-refractivity contribution in [2.45, 2.75) is 44.9 Å². The Balaban J connectivity index is 1.49. The molecule has 1 aliphatic carbocycles. The van der Waals surface area contributed by atoms with Gasteiger partial charge in [0.25, 0.3) is 0 Å². The van der Waals surface area contributed by atoms with Crippen LogP contribution in [-0.2, 0) is 0 Å². The highest BCUT2D eigenvalue weighted by Crippen LogP contribution is 2.37. The third-order valence-electron chi connectivity index (χ3n) is 6.03. The van der Waals surface area contributed by atoms with E-state index < -0.39 is 17.5 Å². The second-order valence-electron chi connectivity index (χ2n) is 7.80. The van der Waals surface area contributed by atoms with Gasteiger partial charge in [-0.05, 0) is 60.8 Å². The monoisotopic (exact) mass is 396 g/mol. The van der Waals surface area contributed by atoms with Crippen LogP contribution >= 0.6 is 0 Å². The van der Waals surface area contributed by atoms with Gasteiger partial charge in [0.05, 0.1) is 0 Å². The number of hydrogen-bond acceptors (Lipinski definition) is 2. The van der Waals surface area contributed by atoms with Gasteiger partial charge in [-0.25, -0.2) is 23.1 Å². The minimum Gasteiger partial charge on any atom is -0.236 e. The van der Waals surface area contributed by atoms with Gasteiger partial charge in [0, 0.05) is 23.5 Å². The molecule has 0 unspecified atom stereocenters. The Bertz CT molecular complexity index is 953. The third-order valence-corrected chi connectivity index (χ3v) is 6.03. The van der Waals surface area contributed by atoms with E-state index in [4.69, 9.17) is 0 Å². The van der Waals surface area contributed by atoms with Gasteiger partial charge in [-0.2, -0.15) is 0 Å². The zero-order valence-electron chi connectivity index (χ0n) is 16.3. The zero-order chi connectivity index (χ0) is 20.4. The molecule has 0 aliphatic heterocycles. The Kier molecular flexibility index (Phi) is 5.65. The highest BCUT2D eigenvalue weighted by atomic mass is 19.2. The Morgan fingerprint density at radius 1 is 0.793 bits per heavy atom. The predicted octanol–water partition coefficient (Wildman–Crippen LogP) is 6.91. The lowest BCUT2D eigenvalue weighted by atomic mass is 9.78. The lowest BCUT2D eigenvalue weighted by molar-refractivity contribution is 0.319. The largest absolute Gasteiger partial charge is 0.236 e. The number of aromatic nitrogens is 2. The van der Waals surface area contributed by atoms with E-state index >= 15 is 0 Å². The smallest absolute Gasteiger partial charge is 0.194 e. The van der Waals surface area contributed by atoms with Crippen LogP contribution in [0.1, 0.15) is 50.5 Å². The molecule has 0 bridgehead atoms. The molecular formula is C24H23F3N2. The van der Waals surface area contributed by atoms with Gasteiger partial charge in [0.1, 0.15) is 0 Å². The predicted molar refractivity (Wildman–Crippen MR) is 108 cm³/mol. The molecule has 0 amide bonds. The van der Waals surface area contributed by atoms with Crippen LogP contribution in [0.15, 0.2) is 48.8 Å². The zero-order valence-corrected chi connectivity index (χ0v) is 16.3. The first-order chi connectivity index (χ1) is 14.0. The van der Waals surface area contributed by atoms with Gasteiger partial charge in [-0.1, -0.05) is 37.6 Å². The van der Waals surface area contributed by atoms with Crippen LogP contribution in [-0.4, -0.2) is 9.97 Å². The average molecular weight is 396 g/mol. The summed E-state index contributed by atoms with van der Waals surface area (Å²) in [6, 6.07) is 10.3. The molecule has 0 atom stereocenters. The quantitative estimate of drug-likeness (QED) is 0.448. The summed E-state index contributed by atoms with van der Waals surface area (Å²) in [7, 11) is 0. The van der Waals surface area contributed by atoms with Crippen molar-refractivity contribution in [1.82, 2.24) is 9.97 Å². The van der Waals surface area contributed by atoms with E-state index in [2.05, 4.69) is 41.2 Å². The van der Waals surface area contributed by atoms with Gasteiger partial charge in [-0.15, -0.1) is 0 Å². The first kappa shape index (κ1) is 19.6. The molecule has 29 heavy (non-hydrogen) atoms. The van der Waals surface area contributed by atoms with Crippen LogP contribution in [0.2, 0.25) is 0 Å². The highest BCUT2D eigenvalue weighted by Gasteiger charge is 2.21. The van der Waals surface area contributed by atoms with Gasteiger partial charge in [0.15, 0.2) is 23.3 Å². The van der Waals surface area contributed by atoms with E-state index in [0.717, 1.165) is 29.2 Å².